The van der Waals surface area contributed by atoms with Gasteiger partial charge in [0, 0.05) is 6.54 Å². The molecule has 0 aliphatic heterocycles. The van der Waals surface area contributed by atoms with Crippen LogP contribution in [0.1, 0.15) is 24.0 Å². The smallest absolute Gasteiger partial charge is 0.215 e. The van der Waals surface area contributed by atoms with Crippen LogP contribution in [0.2, 0.25) is 0 Å². The first kappa shape index (κ1) is 17.1. The minimum Gasteiger partial charge on any atom is -0.383 e. The van der Waals surface area contributed by atoms with Gasteiger partial charge in [-0.05, 0) is 42.0 Å². The number of sulfonamides is 1. The van der Waals surface area contributed by atoms with Gasteiger partial charge in [-0.2, -0.15) is 0 Å². The van der Waals surface area contributed by atoms with E-state index >= 15 is 0 Å². The molecule has 0 amide bonds. The lowest BCUT2D eigenvalue weighted by Crippen LogP contribution is -2.42. The molecule has 4 nitrogen and oxygen atoms in total. The number of nitrogens with one attached hydrogen (secondary N) is 1. The Balaban J connectivity index is 1.71. The molecule has 0 heterocycles. The molecule has 2 N–H and O–H groups in total. The third kappa shape index (κ3) is 4.01. The number of aliphatic hydroxyl groups is 1. The summed E-state index contributed by atoms with van der Waals surface area (Å²) in [5.74, 6) is -0.590. The molecule has 2 aromatic carbocycles. The summed E-state index contributed by atoms with van der Waals surface area (Å²) in [6.45, 7) is -0.0643. The van der Waals surface area contributed by atoms with Gasteiger partial charge in [-0.15, -0.1) is 0 Å². The molecule has 24 heavy (non-hydrogen) atoms. The molecular weight excluding hydrogens is 329 g/mol. The molecular formula is C18H20FNO3S. The number of rotatable bonds is 7. The SMILES string of the molecule is O=S(=O)(Cc1ccc(F)cc1)NCC(O)(c1ccccc1)C1CC1. The first-order chi connectivity index (χ1) is 11.4. The minimum absolute atomic E-state index is 0.0634. The molecule has 1 fully saturated rings. The second kappa shape index (κ2) is 6.63. The first-order valence-electron chi connectivity index (χ1n) is 7.89. The molecule has 2 aromatic rings. The number of benzene rings is 2. The van der Waals surface area contributed by atoms with E-state index in [0.29, 0.717) is 5.56 Å². The second-order valence-corrected chi connectivity index (χ2v) is 8.08. The van der Waals surface area contributed by atoms with E-state index in [1.54, 1.807) is 0 Å². The largest absolute Gasteiger partial charge is 0.383 e. The molecule has 1 unspecified atom stereocenters. The molecule has 1 aliphatic carbocycles. The Labute approximate surface area is 141 Å². The fourth-order valence-electron chi connectivity index (χ4n) is 2.84. The van der Waals surface area contributed by atoms with E-state index in [9.17, 15) is 17.9 Å². The van der Waals surface area contributed by atoms with Crippen LogP contribution in [0.5, 0.6) is 0 Å². The van der Waals surface area contributed by atoms with Gasteiger partial charge in [0.15, 0.2) is 0 Å². The average molecular weight is 349 g/mol. The van der Waals surface area contributed by atoms with Crippen molar-refractivity contribution in [3.05, 3.63) is 71.5 Å². The highest BCUT2D eigenvalue weighted by Gasteiger charge is 2.45. The zero-order valence-corrected chi connectivity index (χ0v) is 14.0. The molecule has 0 bridgehead atoms. The lowest BCUT2D eigenvalue weighted by Gasteiger charge is -2.29. The Morgan fingerprint density at radius 2 is 1.71 bits per heavy atom. The maximum absolute atomic E-state index is 12.9. The molecule has 1 aliphatic rings. The molecule has 1 atom stereocenters. The monoisotopic (exact) mass is 349 g/mol. The summed E-state index contributed by atoms with van der Waals surface area (Å²) in [5.41, 5.74) is 0.0208. The number of halogens is 1. The van der Waals surface area contributed by atoms with Crippen molar-refractivity contribution in [2.24, 2.45) is 5.92 Å². The van der Waals surface area contributed by atoms with Crippen LogP contribution < -0.4 is 4.72 Å². The summed E-state index contributed by atoms with van der Waals surface area (Å²) >= 11 is 0. The quantitative estimate of drug-likeness (QED) is 0.807. The van der Waals surface area contributed by atoms with Crippen LogP contribution in [0, 0.1) is 11.7 Å². The topological polar surface area (TPSA) is 66.4 Å². The lowest BCUT2D eigenvalue weighted by atomic mass is 9.89. The highest BCUT2D eigenvalue weighted by atomic mass is 32.2. The zero-order valence-electron chi connectivity index (χ0n) is 13.2. The normalized spacial score (nSPS) is 17.4. The van der Waals surface area contributed by atoms with Crippen molar-refractivity contribution in [3.63, 3.8) is 0 Å². The van der Waals surface area contributed by atoms with Crippen LogP contribution in [0.25, 0.3) is 0 Å². The standard InChI is InChI=1S/C18H20FNO3S/c19-17-10-6-14(7-11-17)12-24(22,23)20-13-18(21,16-8-9-16)15-4-2-1-3-5-15/h1-7,10-11,16,20-21H,8-9,12-13H2. The van der Waals surface area contributed by atoms with Crippen LogP contribution in [-0.2, 0) is 21.4 Å². The van der Waals surface area contributed by atoms with Crippen LogP contribution in [0.15, 0.2) is 54.6 Å². The van der Waals surface area contributed by atoms with E-state index in [0.717, 1.165) is 18.4 Å². The summed E-state index contributed by atoms with van der Waals surface area (Å²) in [5, 5.41) is 11.0. The summed E-state index contributed by atoms with van der Waals surface area (Å²) in [6.07, 6.45) is 1.76. The van der Waals surface area contributed by atoms with Crippen molar-refractivity contribution in [1.29, 1.82) is 0 Å². The van der Waals surface area contributed by atoms with Crippen molar-refractivity contribution in [2.45, 2.75) is 24.2 Å². The molecule has 128 valence electrons. The maximum atomic E-state index is 12.9. The van der Waals surface area contributed by atoms with Gasteiger partial charge in [-0.1, -0.05) is 42.5 Å². The van der Waals surface area contributed by atoms with Crippen LogP contribution >= 0.6 is 0 Å². The lowest BCUT2D eigenvalue weighted by molar-refractivity contribution is 0.0185. The third-order valence-electron chi connectivity index (χ3n) is 4.36. The molecule has 0 aromatic heterocycles. The van der Waals surface area contributed by atoms with E-state index in [1.165, 1.54) is 24.3 Å². The Bertz CT molecular complexity index is 789. The average Bonchev–Trinajstić information content (AvgIpc) is 3.41. The molecule has 6 heteroatoms. The van der Waals surface area contributed by atoms with Gasteiger partial charge < -0.3 is 5.11 Å². The molecule has 1 saturated carbocycles. The van der Waals surface area contributed by atoms with Crippen molar-refractivity contribution in [3.8, 4) is 0 Å². The van der Waals surface area contributed by atoms with Crippen molar-refractivity contribution >= 4 is 10.0 Å². The van der Waals surface area contributed by atoms with Crippen molar-refractivity contribution in [1.82, 2.24) is 4.72 Å². The molecule has 0 saturated heterocycles. The van der Waals surface area contributed by atoms with Crippen molar-refractivity contribution < 1.29 is 17.9 Å². The van der Waals surface area contributed by atoms with Gasteiger partial charge in [-0.3, -0.25) is 0 Å². The Morgan fingerprint density at radius 1 is 1.08 bits per heavy atom. The van der Waals surface area contributed by atoms with E-state index in [-0.39, 0.29) is 18.2 Å². The molecule has 0 radical (unpaired) electrons. The van der Waals surface area contributed by atoms with Gasteiger partial charge in [0.1, 0.15) is 11.4 Å². The predicted octanol–water partition coefficient (Wildman–Crippen LogP) is 2.54. The van der Waals surface area contributed by atoms with E-state index < -0.39 is 21.4 Å². The van der Waals surface area contributed by atoms with Crippen LogP contribution in [0.3, 0.4) is 0 Å². The predicted molar refractivity (Wildman–Crippen MR) is 90.1 cm³/mol. The van der Waals surface area contributed by atoms with E-state index in [2.05, 4.69) is 4.72 Å². The van der Waals surface area contributed by atoms with Gasteiger partial charge in [0.2, 0.25) is 10.0 Å². The fraction of sp³-hybridized carbons (Fsp3) is 0.333. The second-order valence-electron chi connectivity index (χ2n) is 6.27. The Kier molecular flexibility index (Phi) is 4.71. The highest BCUT2D eigenvalue weighted by molar-refractivity contribution is 7.88. The zero-order chi connectivity index (χ0) is 17.2. The summed E-state index contributed by atoms with van der Waals surface area (Å²) < 4.78 is 40.0. The highest BCUT2D eigenvalue weighted by Crippen LogP contribution is 2.45. The summed E-state index contributed by atoms with van der Waals surface area (Å²) in [7, 11) is -3.63. The third-order valence-corrected chi connectivity index (χ3v) is 5.66. The minimum atomic E-state index is -3.63. The van der Waals surface area contributed by atoms with E-state index in [4.69, 9.17) is 0 Å². The fourth-order valence-corrected chi connectivity index (χ4v) is 4.01. The van der Waals surface area contributed by atoms with Crippen LogP contribution in [0.4, 0.5) is 4.39 Å². The van der Waals surface area contributed by atoms with Crippen LogP contribution in [-0.4, -0.2) is 20.1 Å². The molecule has 0 spiro atoms. The first-order valence-corrected chi connectivity index (χ1v) is 9.54. The van der Waals surface area contributed by atoms with Crippen molar-refractivity contribution in [2.75, 3.05) is 6.54 Å². The van der Waals surface area contributed by atoms with Gasteiger partial charge in [0.05, 0.1) is 5.75 Å². The van der Waals surface area contributed by atoms with Gasteiger partial charge in [0.25, 0.3) is 0 Å². The Morgan fingerprint density at radius 3 is 2.29 bits per heavy atom. The van der Waals surface area contributed by atoms with Gasteiger partial charge in [-0.25, -0.2) is 17.5 Å². The number of hydrogen-bond acceptors (Lipinski definition) is 3. The maximum Gasteiger partial charge on any atom is 0.215 e. The summed E-state index contributed by atoms with van der Waals surface area (Å²) in [6, 6.07) is 14.5. The van der Waals surface area contributed by atoms with E-state index in [1.807, 2.05) is 30.3 Å². The Hall–Kier alpha value is -1.76. The molecule has 3 rings (SSSR count). The number of hydrogen-bond donors (Lipinski definition) is 2. The summed E-state index contributed by atoms with van der Waals surface area (Å²) in [4.78, 5) is 0. The van der Waals surface area contributed by atoms with Gasteiger partial charge >= 0.3 is 0 Å².